The van der Waals surface area contributed by atoms with E-state index in [1.54, 1.807) is 6.92 Å². The number of carbonyl (C=O) groups excluding carboxylic acids is 2. The maximum atomic E-state index is 11.7. The van der Waals surface area contributed by atoms with Crippen LogP contribution in [0.4, 0.5) is 0 Å². The second-order valence-electron chi connectivity index (χ2n) is 4.72. The number of carbonyl (C=O) groups is 2. The van der Waals surface area contributed by atoms with Crippen LogP contribution in [0.15, 0.2) is 42.5 Å². The van der Waals surface area contributed by atoms with Gasteiger partial charge in [-0.05, 0) is 17.2 Å². The quantitative estimate of drug-likeness (QED) is 0.616. The third-order valence-electron chi connectivity index (χ3n) is 3.55. The van der Waals surface area contributed by atoms with Gasteiger partial charge in [-0.15, -0.1) is 0 Å². The highest BCUT2D eigenvalue weighted by molar-refractivity contribution is 5.90. The first-order valence-electron chi connectivity index (χ1n) is 6.83. The van der Waals surface area contributed by atoms with Crippen molar-refractivity contribution in [1.82, 2.24) is 0 Å². The van der Waals surface area contributed by atoms with Gasteiger partial charge in [-0.2, -0.15) is 0 Å². The van der Waals surface area contributed by atoms with Gasteiger partial charge in [0.1, 0.15) is 0 Å². The summed E-state index contributed by atoms with van der Waals surface area (Å²) in [4.78, 5) is 23.3. The molecule has 2 rings (SSSR count). The predicted octanol–water partition coefficient (Wildman–Crippen LogP) is 3.60. The standard InChI is InChI=1S/C17H18O3/c1-3-16(19)20-17(4-2,12-18)15-11-7-9-13-8-5-6-10-14(13)15/h5-12H,3-4H2,1-2H3. The summed E-state index contributed by atoms with van der Waals surface area (Å²) in [5, 5.41) is 1.96. The van der Waals surface area contributed by atoms with Gasteiger partial charge in [-0.25, -0.2) is 0 Å². The van der Waals surface area contributed by atoms with E-state index in [4.69, 9.17) is 4.74 Å². The lowest BCUT2D eigenvalue weighted by molar-refractivity contribution is -0.164. The molecule has 0 fully saturated rings. The molecule has 0 spiro atoms. The van der Waals surface area contributed by atoms with Crippen molar-refractivity contribution in [1.29, 1.82) is 0 Å². The van der Waals surface area contributed by atoms with Crippen LogP contribution in [0.2, 0.25) is 0 Å². The van der Waals surface area contributed by atoms with Crippen molar-refractivity contribution in [2.75, 3.05) is 0 Å². The highest BCUT2D eigenvalue weighted by atomic mass is 16.6. The van der Waals surface area contributed by atoms with Gasteiger partial charge in [0.05, 0.1) is 0 Å². The summed E-state index contributed by atoms with van der Waals surface area (Å²) in [6, 6.07) is 13.5. The monoisotopic (exact) mass is 270 g/mol. The van der Waals surface area contributed by atoms with Crippen molar-refractivity contribution >= 4 is 23.0 Å². The van der Waals surface area contributed by atoms with E-state index in [9.17, 15) is 9.59 Å². The van der Waals surface area contributed by atoms with Gasteiger partial charge in [-0.3, -0.25) is 9.59 Å². The van der Waals surface area contributed by atoms with Crippen LogP contribution in [0.5, 0.6) is 0 Å². The number of benzene rings is 2. The highest BCUT2D eigenvalue weighted by Crippen LogP contribution is 2.33. The summed E-state index contributed by atoms with van der Waals surface area (Å²) >= 11 is 0. The molecule has 0 saturated carbocycles. The first kappa shape index (κ1) is 14.3. The fourth-order valence-electron chi connectivity index (χ4n) is 2.36. The topological polar surface area (TPSA) is 43.4 Å². The number of aldehydes is 1. The molecule has 0 aromatic heterocycles. The van der Waals surface area contributed by atoms with Crippen LogP contribution in [-0.2, 0) is 19.9 Å². The van der Waals surface area contributed by atoms with E-state index in [1.807, 2.05) is 49.4 Å². The van der Waals surface area contributed by atoms with Gasteiger partial charge < -0.3 is 4.74 Å². The van der Waals surface area contributed by atoms with E-state index in [2.05, 4.69) is 0 Å². The van der Waals surface area contributed by atoms with Crippen LogP contribution in [0.1, 0.15) is 32.3 Å². The summed E-state index contributed by atoms with van der Waals surface area (Å²) in [6.45, 7) is 3.57. The van der Waals surface area contributed by atoms with Gasteiger partial charge >= 0.3 is 5.97 Å². The Labute approximate surface area is 118 Å². The average Bonchev–Trinajstić information content (AvgIpc) is 2.52. The number of hydrogen-bond donors (Lipinski definition) is 0. The largest absolute Gasteiger partial charge is 0.446 e. The Morgan fingerprint density at radius 3 is 2.50 bits per heavy atom. The lowest BCUT2D eigenvalue weighted by atomic mass is 9.88. The zero-order valence-electron chi connectivity index (χ0n) is 11.8. The molecule has 0 aliphatic rings. The Bertz CT molecular complexity index is 628. The lowest BCUT2D eigenvalue weighted by Crippen LogP contribution is -2.33. The summed E-state index contributed by atoms with van der Waals surface area (Å²) in [7, 11) is 0. The van der Waals surface area contributed by atoms with E-state index in [1.165, 1.54) is 0 Å². The van der Waals surface area contributed by atoms with Gasteiger partial charge in [0.15, 0.2) is 11.9 Å². The van der Waals surface area contributed by atoms with E-state index in [-0.39, 0.29) is 12.4 Å². The zero-order chi connectivity index (χ0) is 14.6. The summed E-state index contributed by atoms with van der Waals surface area (Å²) in [5.74, 6) is -0.369. The molecule has 3 nitrogen and oxygen atoms in total. The van der Waals surface area contributed by atoms with Crippen molar-refractivity contribution in [2.24, 2.45) is 0 Å². The van der Waals surface area contributed by atoms with Gasteiger partial charge in [0, 0.05) is 12.0 Å². The molecule has 0 bridgehead atoms. The maximum absolute atomic E-state index is 11.7. The highest BCUT2D eigenvalue weighted by Gasteiger charge is 2.35. The number of fused-ring (bicyclic) bond motifs is 1. The fourth-order valence-corrected chi connectivity index (χ4v) is 2.36. The molecule has 104 valence electrons. The van der Waals surface area contributed by atoms with Crippen LogP contribution in [0.3, 0.4) is 0 Å². The van der Waals surface area contributed by atoms with Crippen molar-refractivity contribution < 1.29 is 14.3 Å². The van der Waals surface area contributed by atoms with E-state index < -0.39 is 5.60 Å². The smallest absolute Gasteiger partial charge is 0.306 e. The molecule has 20 heavy (non-hydrogen) atoms. The van der Waals surface area contributed by atoms with Crippen LogP contribution in [0, 0.1) is 0 Å². The second-order valence-corrected chi connectivity index (χ2v) is 4.72. The Kier molecular flexibility index (Phi) is 4.18. The third-order valence-corrected chi connectivity index (χ3v) is 3.55. The first-order chi connectivity index (χ1) is 9.66. The van der Waals surface area contributed by atoms with Crippen molar-refractivity contribution in [2.45, 2.75) is 32.3 Å². The van der Waals surface area contributed by atoms with E-state index in [0.29, 0.717) is 6.42 Å². The van der Waals surface area contributed by atoms with Crippen molar-refractivity contribution in [3.63, 3.8) is 0 Å². The Hall–Kier alpha value is -2.16. The van der Waals surface area contributed by atoms with Crippen LogP contribution >= 0.6 is 0 Å². The maximum Gasteiger partial charge on any atom is 0.306 e. The molecule has 0 heterocycles. The normalized spacial score (nSPS) is 13.7. The minimum Gasteiger partial charge on any atom is -0.446 e. The van der Waals surface area contributed by atoms with Gasteiger partial charge in [0.2, 0.25) is 0 Å². The number of rotatable bonds is 5. The molecule has 1 unspecified atom stereocenters. The molecule has 2 aromatic carbocycles. The third kappa shape index (κ3) is 2.44. The van der Waals surface area contributed by atoms with Crippen LogP contribution in [0.25, 0.3) is 10.8 Å². The molecule has 0 radical (unpaired) electrons. The molecular weight excluding hydrogens is 252 g/mol. The van der Waals surface area contributed by atoms with Crippen molar-refractivity contribution in [3.05, 3.63) is 48.0 Å². The van der Waals surface area contributed by atoms with Crippen molar-refractivity contribution in [3.8, 4) is 0 Å². The number of esters is 1. The molecular formula is C17H18O3. The van der Waals surface area contributed by atoms with E-state index >= 15 is 0 Å². The number of hydrogen-bond acceptors (Lipinski definition) is 3. The van der Waals surface area contributed by atoms with Crippen LogP contribution < -0.4 is 0 Å². The fraction of sp³-hybridized carbons (Fsp3) is 0.294. The number of ether oxygens (including phenoxy) is 1. The molecule has 1 atom stereocenters. The molecule has 0 N–H and O–H groups in total. The molecule has 0 amide bonds. The van der Waals surface area contributed by atoms with E-state index in [0.717, 1.165) is 22.6 Å². The second kappa shape index (κ2) is 5.87. The summed E-state index contributed by atoms with van der Waals surface area (Å²) in [6.07, 6.45) is 1.40. The molecule has 2 aromatic rings. The summed E-state index contributed by atoms with van der Waals surface area (Å²) < 4.78 is 5.47. The van der Waals surface area contributed by atoms with Gasteiger partial charge in [0.25, 0.3) is 0 Å². The summed E-state index contributed by atoms with van der Waals surface area (Å²) in [5.41, 5.74) is -0.455. The Balaban J connectivity index is 2.62. The van der Waals surface area contributed by atoms with Gasteiger partial charge in [-0.1, -0.05) is 56.3 Å². The first-order valence-corrected chi connectivity index (χ1v) is 6.83. The molecule has 3 heteroatoms. The predicted molar refractivity (Wildman–Crippen MR) is 78.4 cm³/mol. The SMILES string of the molecule is CCC(=O)OC(C=O)(CC)c1cccc2ccccc12. The zero-order valence-corrected chi connectivity index (χ0v) is 11.8. The van der Waals surface area contributed by atoms with Crippen LogP contribution in [-0.4, -0.2) is 12.3 Å². The minimum atomic E-state index is -1.20. The molecule has 0 aliphatic carbocycles. The molecule has 0 aliphatic heterocycles. The minimum absolute atomic E-state index is 0.250. The Morgan fingerprint density at radius 2 is 1.85 bits per heavy atom. The average molecular weight is 270 g/mol. The molecule has 0 saturated heterocycles. The Morgan fingerprint density at radius 1 is 1.15 bits per heavy atom. The lowest BCUT2D eigenvalue weighted by Gasteiger charge is -2.28.